The molecule has 2 aromatic rings. The maximum Gasteiger partial charge on any atom is 0.288 e. The van der Waals surface area contributed by atoms with Crippen LogP contribution in [0.2, 0.25) is 10.0 Å². The molecule has 0 saturated carbocycles. The highest BCUT2D eigenvalue weighted by Crippen LogP contribution is 2.25. The molecule has 7 heteroatoms. The van der Waals surface area contributed by atoms with Gasteiger partial charge in [0, 0.05) is 25.7 Å². The minimum Gasteiger partial charge on any atom is -0.303 e. The lowest BCUT2D eigenvalue weighted by Crippen LogP contribution is -2.48. The molecule has 0 amide bonds. The molecule has 1 aromatic heterocycles. The zero-order chi connectivity index (χ0) is 16.4. The molecular weight excluding hydrogens is 335 g/mol. The van der Waals surface area contributed by atoms with Gasteiger partial charge in [-0.25, -0.2) is 4.68 Å². The van der Waals surface area contributed by atoms with Crippen LogP contribution in [-0.4, -0.2) is 46.3 Å². The first-order chi connectivity index (χ1) is 11.1. The summed E-state index contributed by atoms with van der Waals surface area (Å²) in [5.74, 6) is 0. The van der Waals surface area contributed by atoms with Gasteiger partial charge in [0.25, 0.3) is 5.56 Å². The van der Waals surface area contributed by atoms with E-state index in [0.717, 1.165) is 19.6 Å². The minimum atomic E-state index is -0.357. The van der Waals surface area contributed by atoms with Crippen LogP contribution in [0.1, 0.15) is 11.6 Å². The number of hydrogen-bond donors (Lipinski definition) is 0. The van der Waals surface area contributed by atoms with E-state index in [4.69, 9.17) is 23.2 Å². The molecule has 0 aliphatic carbocycles. The maximum atomic E-state index is 12.2. The van der Waals surface area contributed by atoms with Crippen LogP contribution < -0.4 is 5.56 Å². The zero-order valence-electron chi connectivity index (χ0n) is 12.8. The smallest absolute Gasteiger partial charge is 0.288 e. The molecule has 23 heavy (non-hydrogen) atoms. The summed E-state index contributed by atoms with van der Waals surface area (Å²) in [7, 11) is 2.11. The lowest BCUT2D eigenvalue weighted by Gasteiger charge is -2.40. The monoisotopic (exact) mass is 352 g/mol. The van der Waals surface area contributed by atoms with Crippen LogP contribution in [0.4, 0.5) is 0 Å². The Labute approximate surface area is 145 Å². The second-order valence-corrected chi connectivity index (χ2v) is 6.54. The molecular formula is C16H18Cl2N4O. The van der Waals surface area contributed by atoms with Gasteiger partial charge in [-0.2, -0.15) is 5.10 Å². The number of likely N-dealkylation sites (N-methyl/N-ethyl adjacent to an activating group) is 1. The van der Waals surface area contributed by atoms with E-state index in [1.54, 1.807) is 0 Å². The fraction of sp³-hybridized carbons (Fsp3) is 0.375. The summed E-state index contributed by atoms with van der Waals surface area (Å²) in [5.41, 5.74) is 0.872. The second-order valence-electron chi connectivity index (χ2n) is 5.75. The fourth-order valence-corrected chi connectivity index (χ4v) is 3.11. The average molecular weight is 353 g/mol. The van der Waals surface area contributed by atoms with E-state index in [-0.39, 0.29) is 21.6 Å². The molecule has 0 radical (unpaired) electrons. The van der Waals surface area contributed by atoms with Gasteiger partial charge in [-0.05, 0) is 12.6 Å². The summed E-state index contributed by atoms with van der Waals surface area (Å²) >= 11 is 11.8. The summed E-state index contributed by atoms with van der Waals surface area (Å²) in [5, 5.41) is 4.32. The molecule has 3 rings (SSSR count). The van der Waals surface area contributed by atoms with Crippen molar-refractivity contribution in [1.82, 2.24) is 19.6 Å². The topological polar surface area (TPSA) is 41.4 Å². The lowest BCUT2D eigenvalue weighted by molar-refractivity contribution is 0.0572. The SMILES string of the molecule is CN1CCN(Cn2ncc(Cl)c(Cl)c2=O)C(c2ccccc2)C1. The third-order valence-corrected chi connectivity index (χ3v) is 4.89. The standard InChI is InChI=1S/C16H18Cl2N4O/c1-20-7-8-21(14(10-20)12-5-3-2-4-6-12)11-22-16(23)15(18)13(17)9-19-22/h2-6,9,14H,7-8,10-11H2,1H3. The molecule has 122 valence electrons. The van der Waals surface area contributed by atoms with Crippen LogP contribution in [0.15, 0.2) is 41.3 Å². The fourth-order valence-electron chi connectivity index (χ4n) is 2.84. The molecule has 1 unspecified atom stereocenters. The summed E-state index contributed by atoms with van der Waals surface area (Å²) in [4.78, 5) is 16.8. The Morgan fingerprint density at radius 3 is 2.70 bits per heavy atom. The van der Waals surface area contributed by atoms with Crippen molar-refractivity contribution in [3.63, 3.8) is 0 Å². The Morgan fingerprint density at radius 1 is 1.22 bits per heavy atom. The number of nitrogens with zero attached hydrogens (tertiary/aromatic N) is 4. The van der Waals surface area contributed by atoms with Crippen LogP contribution >= 0.6 is 23.2 Å². The summed E-state index contributed by atoms with van der Waals surface area (Å²) < 4.78 is 1.37. The quantitative estimate of drug-likeness (QED) is 0.850. The highest BCUT2D eigenvalue weighted by atomic mass is 35.5. The van der Waals surface area contributed by atoms with Crippen LogP contribution in [0.3, 0.4) is 0 Å². The Balaban J connectivity index is 1.88. The maximum absolute atomic E-state index is 12.2. The molecule has 1 aromatic carbocycles. The van der Waals surface area contributed by atoms with E-state index >= 15 is 0 Å². The van der Waals surface area contributed by atoms with Gasteiger partial charge in [0.2, 0.25) is 0 Å². The third kappa shape index (κ3) is 3.58. The molecule has 1 atom stereocenters. The first-order valence-corrected chi connectivity index (χ1v) is 8.20. The van der Waals surface area contributed by atoms with Crippen LogP contribution in [0.5, 0.6) is 0 Å². The van der Waals surface area contributed by atoms with Gasteiger partial charge in [-0.3, -0.25) is 9.69 Å². The van der Waals surface area contributed by atoms with Crippen LogP contribution in [0, 0.1) is 0 Å². The van der Waals surface area contributed by atoms with E-state index < -0.39 is 0 Å². The molecule has 1 aliphatic rings. The average Bonchev–Trinajstić information content (AvgIpc) is 2.57. The van der Waals surface area contributed by atoms with Gasteiger partial charge in [0.1, 0.15) is 5.02 Å². The van der Waals surface area contributed by atoms with Gasteiger partial charge in [0.05, 0.1) is 17.9 Å². The molecule has 1 fully saturated rings. The van der Waals surface area contributed by atoms with Crippen molar-refractivity contribution in [3.8, 4) is 0 Å². The third-order valence-electron chi connectivity index (χ3n) is 4.14. The van der Waals surface area contributed by atoms with Crippen molar-refractivity contribution >= 4 is 23.2 Å². The summed E-state index contributed by atoms with van der Waals surface area (Å²) in [6.45, 7) is 3.09. The Morgan fingerprint density at radius 2 is 1.96 bits per heavy atom. The van der Waals surface area contributed by atoms with Gasteiger partial charge in [-0.1, -0.05) is 53.5 Å². The number of hydrogen-bond acceptors (Lipinski definition) is 4. The van der Waals surface area contributed by atoms with Crippen molar-refractivity contribution in [2.45, 2.75) is 12.7 Å². The van der Waals surface area contributed by atoms with Crippen molar-refractivity contribution in [1.29, 1.82) is 0 Å². The number of piperazine rings is 1. The van der Waals surface area contributed by atoms with Crippen molar-refractivity contribution < 1.29 is 0 Å². The number of aromatic nitrogens is 2. The minimum absolute atomic E-state index is 0.0204. The first kappa shape index (κ1) is 16.5. The Bertz CT molecular complexity index is 735. The van der Waals surface area contributed by atoms with Crippen molar-refractivity contribution in [2.75, 3.05) is 26.7 Å². The summed E-state index contributed by atoms with van der Waals surface area (Å²) in [6, 6.07) is 10.5. The van der Waals surface area contributed by atoms with Crippen LogP contribution in [0.25, 0.3) is 0 Å². The second kappa shape index (κ2) is 7.01. The lowest BCUT2D eigenvalue weighted by atomic mass is 10.0. The normalized spacial score (nSPS) is 19.9. The van der Waals surface area contributed by atoms with Gasteiger partial charge >= 0.3 is 0 Å². The van der Waals surface area contributed by atoms with E-state index in [0.29, 0.717) is 6.67 Å². The first-order valence-electron chi connectivity index (χ1n) is 7.45. The van der Waals surface area contributed by atoms with Crippen LogP contribution in [-0.2, 0) is 6.67 Å². The van der Waals surface area contributed by atoms with Crippen molar-refractivity contribution in [3.05, 3.63) is 62.5 Å². The largest absolute Gasteiger partial charge is 0.303 e. The summed E-state index contributed by atoms with van der Waals surface area (Å²) in [6.07, 6.45) is 1.42. The molecule has 1 saturated heterocycles. The van der Waals surface area contributed by atoms with E-state index in [9.17, 15) is 4.79 Å². The van der Waals surface area contributed by atoms with E-state index in [1.165, 1.54) is 16.4 Å². The predicted octanol–water partition coefficient (Wildman–Crippen LogP) is 2.50. The molecule has 0 N–H and O–H groups in total. The highest BCUT2D eigenvalue weighted by molar-refractivity contribution is 6.41. The van der Waals surface area contributed by atoms with Gasteiger partial charge in [-0.15, -0.1) is 0 Å². The van der Waals surface area contributed by atoms with Crippen molar-refractivity contribution in [2.24, 2.45) is 0 Å². The Kier molecular flexibility index (Phi) is 5.02. The zero-order valence-corrected chi connectivity index (χ0v) is 14.3. The predicted molar refractivity (Wildman–Crippen MR) is 91.9 cm³/mol. The molecule has 5 nitrogen and oxygen atoms in total. The van der Waals surface area contributed by atoms with E-state index in [1.807, 2.05) is 18.2 Å². The molecule has 2 heterocycles. The Hall–Kier alpha value is -1.40. The van der Waals surface area contributed by atoms with E-state index in [2.05, 4.69) is 34.1 Å². The van der Waals surface area contributed by atoms with Gasteiger partial charge in [0.15, 0.2) is 0 Å². The molecule has 0 spiro atoms. The molecule has 0 bridgehead atoms. The highest BCUT2D eigenvalue weighted by Gasteiger charge is 2.27. The van der Waals surface area contributed by atoms with Gasteiger partial charge < -0.3 is 4.90 Å². The number of benzene rings is 1. The molecule has 1 aliphatic heterocycles. The number of rotatable bonds is 3. The number of halogens is 2.